The van der Waals surface area contributed by atoms with Crippen molar-refractivity contribution >= 4 is 34.7 Å². The maximum Gasteiger partial charge on any atom is 0.277 e. The highest BCUT2D eigenvalue weighted by atomic mass is 35.5. The van der Waals surface area contributed by atoms with Crippen LogP contribution in [0.25, 0.3) is 5.57 Å². The van der Waals surface area contributed by atoms with E-state index >= 15 is 0 Å². The summed E-state index contributed by atoms with van der Waals surface area (Å²) in [5.74, 6) is -2.88. The smallest absolute Gasteiger partial charge is 0.277 e. The normalized spacial score (nSPS) is 14.5. The van der Waals surface area contributed by atoms with Crippen molar-refractivity contribution in [2.24, 2.45) is 0 Å². The Morgan fingerprint density at radius 2 is 1.72 bits per heavy atom. The van der Waals surface area contributed by atoms with E-state index in [4.69, 9.17) is 16.3 Å². The summed E-state index contributed by atoms with van der Waals surface area (Å²) in [5, 5.41) is -0.321. The van der Waals surface area contributed by atoms with Crippen LogP contribution >= 0.6 is 11.6 Å². The topological polar surface area (TPSA) is 46.6 Å². The molecule has 0 N–H and O–H groups in total. The largest absolute Gasteiger partial charge is 0.494 e. The molecule has 0 bridgehead atoms. The van der Waals surface area contributed by atoms with Gasteiger partial charge in [0.25, 0.3) is 11.8 Å². The standard InChI is InChI=1S/C18H12ClF2NO3/c1-2-25-12-6-3-10(4-7-12)15-16(19)18(24)22(17(15)23)14-8-5-11(20)9-13(14)21/h3-9H,2H2,1H3. The monoisotopic (exact) mass is 363 g/mol. The Morgan fingerprint density at radius 3 is 2.32 bits per heavy atom. The quantitative estimate of drug-likeness (QED) is 0.774. The second kappa shape index (κ2) is 6.64. The number of nitrogens with zero attached hydrogens (tertiary/aromatic N) is 1. The van der Waals surface area contributed by atoms with Gasteiger partial charge in [-0.2, -0.15) is 0 Å². The van der Waals surface area contributed by atoms with Crippen molar-refractivity contribution in [3.8, 4) is 5.75 Å². The van der Waals surface area contributed by atoms with Crippen LogP contribution in [0.2, 0.25) is 0 Å². The molecule has 1 heterocycles. The van der Waals surface area contributed by atoms with Crippen LogP contribution in [0.5, 0.6) is 5.75 Å². The first-order valence-electron chi connectivity index (χ1n) is 7.41. The van der Waals surface area contributed by atoms with Crippen LogP contribution < -0.4 is 9.64 Å². The van der Waals surface area contributed by atoms with Gasteiger partial charge < -0.3 is 4.74 Å². The number of benzene rings is 2. The minimum atomic E-state index is -1.03. The number of amides is 2. The van der Waals surface area contributed by atoms with Crippen molar-refractivity contribution < 1.29 is 23.1 Å². The number of rotatable bonds is 4. The molecule has 3 rings (SSSR count). The second-order valence-electron chi connectivity index (χ2n) is 5.19. The maximum atomic E-state index is 14.0. The van der Waals surface area contributed by atoms with Crippen molar-refractivity contribution in [1.29, 1.82) is 0 Å². The molecule has 1 aliphatic rings. The molecule has 128 valence electrons. The molecule has 0 radical (unpaired) electrons. The Kier molecular flexibility index (Phi) is 4.55. The molecule has 4 nitrogen and oxygen atoms in total. The number of imide groups is 1. The lowest BCUT2D eigenvalue weighted by Gasteiger charge is -2.15. The van der Waals surface area contributed by atoms with Gasteiger partial charge in [0, 0.05) is 6.07 Å². The molecule has 25 heavy (non-hydrogen) atoms. The van der Waals surface area contributed by atoms with E-state index in [0.717, 1.165) is 12.1 Å². The van der Waals surface area contributed by atoms with E-state index in [1.54, 1.807) is 24.3 Å². The van der Waals surface area contributed by atoms with Gasteiger partial charge in [0.05, 0.1) is 17.9 Å². The van der Waals surface area contributed by atoms with Crippen LogP contribution in [0.1, 0.15) is 12.5 Å². The summed E-state index contributed by atoms with van der Waals surface area (Å²) >= 11 is 6.03. The average molecular weight is 364 g/mol. The Bertz CT molecular complexity index is 894. The molecule has 0 aromatic heterocycles. The molecular weight excluding hydrogens is 352 g/mol. The van der Waals surface area contributed by atoms with Crippen LogP contribution in [0.4, 0.5) is 14.5 Å². The van der Waals surface area contributed by atoms with Gasteiger partial charge in [0.1, 0.15) is 22.4 Å². The molecule has 1 aliphatic heterocycles. The predicted molar refractivity (Wildman–Crippen MR) is 89.2 cm³/mol. The summed E-state index contributed by atoms with van der Waals surface area (Å²) in [6.07, 6.45) is 0. The Hall–Kier alpha value is -2.73. The SMILES string of the molecule is CCOc1ccc(C2=C(Cl)C(=O)N(c3ccc(F)cc3F)C2=O)cc1. The molecular formula is C18H12ClF2NO3. The first kappa shape index (κ1) is 17.1. The van der Waals surface area contributed by atoms with Gasteiger partial charge in [0.15, 0.2) is 0 Å². The second-order valence-corrected chi connectivity index (χ2v) is 5.57. The van der Waals surface area contributed by atoms with Crippen molar-refractivity contribution in [2.45, 2.75) is 6.92 Å². The van der Waals surface area contributed by atoms with E-state index in [1.165, 1.54) is 0 Å². The minimum absolute atomic E-state index is 0.0431. The predicted octanol–water partition coefficient (Wildman–Crippen LogP) is 3.89. The van der Waals surface area contributed by atoms with Crippen LogP contribution in [0.3, 0.4) is 0 Å². The molecule has 0 fully saturated rings. The van der Waals surface area contributed by atoms with E-state index in [0.29, 0.717) is 28.9 Å². The van der Waals surface area contributed by atoms with E-state index in [1.807, 2.05) is 6.92 Å². The van der Waals surface area contributed by atoms with Crippen molar-refractivity contribution in [2.75, 3.05) is 11.5 Å². The van der Waals surface area contributed by atoms with Gasteiger partial charge >= 0.3 is 0 Å². The van der Waals surface area contributed by atoms with Crippen molar-refractivity contribution in [1.82, 2.24) is 0 Å². The number of halogens is 3. The summed E-state index contributed by atoms with van der Waals surface area (Å²) in [7, 11) is 0. The first-order chi connectivity index (χ1) is 11.9. The van der Waals surface area contributed by atoms with E-state index in [9.17, 15) is 18.4 Å². The Labute approximate surface area is 147 Å². The Morgan fingerprint density at radius 1 is 1.04 bits per heavy atom. The average Bonchev–Trinajstić information content (AvgIpc) is 2.79. The number of hydrogen-bond acceptors (Lipinski definition) is 3. The van der Waals surface area contributed by atoms with Crippen molar-refractivity contribution in [3.63, 3.8) is 0 Å². The lowest BCUT2D eigenvalue weighted by Crippen LogP contribution is -2.32. The molecule has 0 saturated heterocycles. The summed E-state index contributed by atoms with van der Waals surface area (Å²) in [6.45, 7) is 2.32. The number of ether oxygens (including phenoxy) is 1. The van der Waals surface area contributed by atoms with E-state index in [-0.39, 0.29) is 16.3 Å². The molecule has 0 spiro atoms. The third kappa shape index (κ3) is 3.00. The highest BCUT2D eigenvalue weighted by Crippen LogP contribution is 2.36. The zero-order valence-corrected chi connectivity index (χ0v) is 13.8. The maximum absolute atomic E-state index is 14.0. The van der Waals surface area contributed by atoms with Gasteiger partial charge in [-0.1, -0.05) is 23.7 Å². The number of carbonyl (C=O) groups excluding carboxylic acids is 2. The highest BCUT2D eigenvalue weighted by Gasteiger charge is 2.40. The zero-order chi connectivity index (χ0) is 18.1. The lowest BCUT2D eigenvalue weighted by atomic mass is 10.1. The number of anilines is 1. The van der Waals surface area contributed by atoms with Gasteiger partial charge in [-0.25, -0.2) is 13.7 Å². The fourth-order valence-electron chi connectivity index (χ4n) is 2.52. The van der Waals surface area contributed by atoms with Gasteiger partial charge in [-0.05, 0) is 36.8 Å². The fourth-order valence-corrected chi connectivity index (χ4v) is 2.79. The molecule has 0 unspecified atom stereocenters. The van der Waals surface area contributed by atoms with E-state index in [2.05, 4.69) is 0 Å². The third-order valence-corrected chi connectivity index (χ3v) is 3.98. The van der Waals surface area contributed by atoms with Crippen LogP contribution in [-0.4, -0.2) is 18.4 Å². The number of hydrogen-bond donors (Lipinski definition) is 0. The third-order valence-electron chi connectivity index (χ3n) is 3.63. The molecule has 2 aromatic rings. The van der Waals surface area contributed by atoms with Crippen LogP contribution in [-0.2, 0) is 9.59 Å². The van der Waals surface area contributed by atoms with Gasteiger partial charge in [0.2, 0.25) is 0 Å². The molecule has 2 amide bonds. The van der Waals surface area contributed by atoms with Crippen LogP contribution in [0, 0.1) is 11.6 Å². The lowest BCUT2D eigenvalue weighted by molar-refractivity contribution is -0.119. The molecule has 0 saturated carbocycles. The summed E-state index contributed by atoms with van der Waals surface area (Å²) < 4.78 is 32.4. The van der Waals surface area contributed by atoms with Gasteiger partial charge in [-0.3, -0.25) is 9.59 Å². The van der Waals surface area contributed by atoms with E-state index < -0.39 is 23.4 Å². The summed E-state index contributed by atoms with van der Waals surface area (Å²) in [5.41, 5.74) is 0.00532. The van der Waals surface area contributed by atoms with Crippen LogP contribution in [0.15, 0.2) is 47.5 Å². The summed E-state index contributed by atoms with van der Waals surface area (Å²) in [4.78, 5) is 25.6. The molecule has 2 aromatic carbocycles. The summed E-state index contributed by atoms with van der Waals surface area (Å²) in [6, 6.07) is 9.01. The fraction of sp³-hybridized carbons (Fsp3) is 0.111. The molecule has 0 aliphatic carbocycles. The number of carbonyl (C=O) groups is 2. The minimum Gasteiger partial charge on any atom is -0.494 e. The first-order valence-corrected chi connectivity index (χ1v) is 7.78. The highest BCUT2D eigenvalue weighted by molar-refractivity contribution is 6.60. The van der Waals surface area contributed by atoms with Gasteiger partial charge in [-0.15, -0.1) is 0 Å². The molecule has 7 heteroatoms. The van der Waals surface area contributed by atoms with Crippen molar-refractivity contribution in [3.05, 3.63) is 64.7 Å². The molecule has 0 atom stereocenters. The Balaban J connectivity index is 1.99. The zero-order valence-electron chi connectivity index (χ0n) is 13.1.